The molecule has 0 saturated carbocycles. The van der Waals surface area contributed by atoms with Crippen LogP contribution in [0.2, 0.25) is 0 Å². The van der Waals surface area contributed by atoms with Crippen LogP contribution in [0, 0.1) is 5.92 Å². The summed E-state index contributed by atoms with van der Waals surface area (Å²) in [6.07, 6.45) is 4.63. The van der Waals surface area contributed by atoms with Crippen LogP contribution in [0.25, 0.3) is 0 Å². The number of benzene rings is 1. The van der Waals surface area contributed by atoms with Gasteiger partial charge in [-0.3, -0.25) is 4.90 Å². The third kappa shape index (κ3) is 5.03. The number of piperidine rings is 1. The van der Waals surface area contributed by atoms with E-state index >= 15 is 0 Å². The Hall–Kier alpha value is -1.91. The highest BCUT2D eigenvalue weighted by Gasteiger charge is 2.18. The fourth-order valence-corrected chi connectivity index (χ4v) is 3.45. The van der Waals surface area contributed by atoms with Crippen LogP contribution in [0.4, 0.5) is 11.5 Å². The Kier molecular flexibility index (Phi) is 6.42. The van der Waals surface area contributed by atoms with Crippen molar-refractivity contribution in [3.05, 3.63) is 54.2 Å². The molecule has 1 aromatic heterocycles. The number of likely N-dealkylation sites (tertiary alicyclic amines) is 1. The number of nitrogens with one attached hydrogen (secondary N) is 1. The van der Waals surface area contributed by atoms with Gasteiger partial charge in [0, 0.05) is 25.5 Å². The SMILES string of the molecule is CCNCC1CCN(Cc2ccc(N(C)c3ccccc3)nc2)CC1. The van der Waals surface area contributed by atoms with Crippen LogP contribution in [0.15, 0.2) is 48.7 Å². The van der Waals surface area contributed by atoms with E-state index < -0.39 is 0 Å². The molecule has 1 saturated heterocycles. The molecule has 25 heavy (non-hydrogen) atoms. The van der Waals surface area contributed by atoms with Crippen LogP contribution in [0.3, 0.4) is 0 Å². The summed E-state index contributed by atoms with van der Waals surface area (Å²) in [6.45, 7) is 7.84. The normalized spacial score (nSPS) is 16.1. The maximum absolute atomic E-state index is 4.67. The van der Waals surface area contributed by atoms with E-state index in [1.54, 1.807) is 0 Å². The molecule has 1 N–H and O–H groups in total. The largest absolute Gasteiger partial charge is 0.329 e. The molecule has 4 nitrogen and oxygen atoms in total. The van der Waals surface area contributed by atoms with Crippen LogP contribution in [-0.2, 0) is 6.54 Å². The Labute approximate surface area is 151 Å². The average Bonchev–Trinajstić information content (AvgIpc) is 2.68. The van der Waals surface area contributed by atoms with Gasteiger partial charge in [-0.2, -0.15) is 0 Å². The van der Waals surface area contributed by atoms with Gasteiger partial charge in [-0.1, -0.05) is 31.2 Å². The van der Waals surface area contributed by atoms with Crippen molar-refractivity contribution >= 4 is 11.5 Å². The lowest BCUT2D eigenvalue weighted by Gasteiger charge is -2.32. The fourth-order valence-electron chi connectivity index (χ4n) is 3.45. The number of hydrogen-bond acceptors (Lipinski definition) is 4. The van der Waals surface area contributed by atoms with E-state index in [-0.39, 0.29) is 0 Å². The Morgan fingerprint density at radius 2 is 1.88 bits per heavy atom. The molecule has 3 rings (SSSR count). The molecular formula is C21H30N4. The van der Waals surface area contributed by atoms with Crippen molar-refractivity contribution in [3.8, 4) is 0 Å². The highest BCUT2D eigenvalue weighted by molar-refractivity contribution is 5.58. The van der Waals surface area contributed by atoms with Gasteiger partial charge in [-0.25, -0.2) is 4.98 Å². The molecule has 0 amide bonds. The standard InChI is InChI=1S/C21H30N4/c1-3-22-15-18-11-13-25(14-12-18)17-19-9-10-21(23-16-19)24(2)20-7-5-4-6-8-20/h4-10,16,18,22H,3,11-15,17H2,1-2H3. The van der Waals surface area contributed by atoms with Gasteiger partial charge in [0.05, 0.1) is 0 Å². The third-order valence-electron chi connectivity index (χ3n) is 5.09. The second-order valence-electron chi connectivity index (χ2n) is 6.95. The van der Waals surface area contributed by atoms with E-state index in [4.69, 9.17) is 0 Å². The molecular weight excluding hydrogens is 308 g/mol. The smallest absolute Gasteiger partial charge is 0.132 e. The number of rotatable bonds is 7. The van der Waals surface area contributed by atoms with Gasteiger partial charge in [0.25, 0.3) is 0 Å². The molecule has 2 heterocycles. The van der Waals surface area contributed by atoms with Crippen LogP contribution < -0.4 is 10.2 Å². The first-order valence-corrected chi connectivity index (χ1v) is 9.43. The maximum atomic E-state index is 4.67. The second-order valence-corrected chi connectivity index (χ2v) is 6.95. The molecule has 0 bridgehead atoms. The summed E-state index contributed by atoms with van der Waals surface area (Å²) in [4.78, 5) is 9.34. The van der Waals surface area contributed by atoms with E-state index in [2.05, 4.69) is 70.5 Å². The van der Waals surface area contributed by atoms with Gasteiger partial charge in [0.2, 0.25) is 0 Å². The zero-order valence-corrected chi connectivity index (χ0v) is 15.5. The first-order valence-electron chi connectivity index (χ1n) is 9.43. The average molecular weight is 338 g/mol. The number of hydrogen-bond donors (Lipinski definition) is 1. The molecule has 0 unspecified atom stereocenters. The molecule has 2 aromatic rings. The topological polar surface area (TPSA) is 31.4 Å². The van der Waals surface area contributed by atoms with Crippen molar-refractivity contribution in [3.63, 3.8) is 0 Å². The van der Waals surface area contributed by atoms with Crippen LogP contribution >= 0.6 is 0 Å². The van der Waals surface area contributed by atoms with E-state index in [1.807, 2.05) is 12.3 Å². The van der Waals surface area contributed by atoms with Crippen molar-refractivity contribution in [2.24, 2.45) is 5.92 Å². The Morgan fingerprint density at radius 1 is 1.12 bits per heavy atom. The van der Waals surface area contributed by atoms with Gasteiger partial charge < -0.3 is 10.2 Å². The molecule has 0 atom stereocenters. The number of para-hydroxylation sites is 1. The molecule has 1 fully saturated rings. The van der Waals surface area contributed by atoms with Gasteiger partial charge >= 0.3 is 0 Å². The Bertz CT molecular complexity index is 618. The monoisotopic (exact) mass is 338 g/mol. The number of anilines is 2. The predicted molar refractivity (Wildman–Crippen MR) is 105 cm³/mol. The summed E-state index contributed by atoms with van der Waals surface area (Å²) in [5.41, 5.74) is 2.46. The zero-order chi connectivity index (χ0) is 17.5. The molecule has 1 aliphatic rings. The van der Waals surface area contributed by atoms with E-state index in [0.717, 1.165) is 30.5 Å². The van der Waals surface area contributed by atoms with Crippen molar-refractivity contribution in [1.82, 2.24) is 15.2 Å². The molecule has 0 aliphatic carbocycles. The van der Waals surface area contributed by atoms with Gasteiger partial charge in [0.15, 0.2) is 0 Å². The van der Waals surface area contributed by atoms with Crippen LogP contribution in [0.5, 0.6) is 0 Å². The molecule has 1 aliphatic heterocycles. The van der Waals surface area contributed by atoms with Gasteiger partial charge in [-0.15, -0.1) is 0 Å². The van der Waals surface area contributed by atoms with Crippen molar-refractivity contribution < 1.29 is 0 Å². The van der Waals surface area contributed by atoms with Crippen molar-refractivity contribution in [2.45, 2.75) is 26.3 Å². The quantitative estimate of drug-likeness (QED) is 0.835. The van der Waals surface area contributed by atoms with E-state index in [1.165, 1.54) is 38.0 Å². The van der Waals surface area contributed by atoms with Crippen LogP contribution in [0.1, 0.15) is 25.3 Å². The fraction of sp³-hybridized carbons (Fsp3) is 0.476. The molecule has 1 aromatic carbocycles. The lowest BCUT2D eigenvalue weighted by atomic mass is 9.96. The van der Waals surface area contributed by atoms with Gasteiger partial charge in [-0.05, 0) is 68.7 Å². The summed E-state index contributed by atoms with van der Waals surface area (Å²) >= 11 is 0. The predicted octanol–water partition coefficient (Wildman–Crippen LogP) is 3.67. The summed E-state index contributed by atoms with van der Waals surface area (Å²) in [5, 5.41) is 3.48. The van der Waals surface area contributed by atoms with E-state index in [0.29, 0.717) is 0 Å². The van der Waals surface area contributed by atoms with Crippen molar-refractivity contribution in [2.75, 3.05) is 38.1 Å². The number of nitrogens with zero attached hydrogens (tertiary/aromatic N) is 3. The van der Waals surface area contributed by atoms with Gasteiger partial charge in [0.1, 0.15) is 5.82 Å². The highest BCUT2D eigenvalue weighted by atomic mass is 15.2. The lowest BCUT2D eigenvalue weighted by Crippen LogP contribution is -2.36. The first-order chi connectivity index (χ1) is 12.3. The minimum Gasteiger partial charge on any atom is -0.329 e. The summed E-state index contributed by atoms with van der Waals surface area (Å²) in [7, 11) is 2.06. The molecule has 0 radical (unpaired) electrons. The van der Waals surface area contributed by atoms with Crippen LogP contribution in [-0.4, -0.2) is 43.1 Å². The highest BCUT2D eigenvalue weighted by Crippen LogP contribution is 2.22. The number of pyridine rings is 1. The molecule has 134 valence electrons. The van der Waals surface area contributed by atoms with E-state index in [9.17, 15) is 0 Å². The third-order valence-corrected chi connectivity index (χ3v) is 5.09. The Balaban J connectivity index is 1.52. The molecule has 0 spiro atoms. The second kappa shape index (κ2) is 8.97. The lowest BCUT2D eigenvalue weighted by molar-refractivity contribution is 0.175. The maximum Gasteiger partial charge on any atom is 0.132 e. The zero-order valence-electron chi connectivity index (χ0n) is 15.5. The summed E-state index contributed by atoms with van der Waals surface area (Å²) in [5.74, 6) is 1.83. The minimum absolute atomic E-state index is 0.844. The minimum atomic E-state index is 0.844. The number of aromatic nitrogens is 1. The van der Waals surface area contributed by atoms with Crippen molar-refractivity contribution in [1.29, 1.82) is 0 Å². The molecule has 4 heteroatoms. The first kappa shape index (κ1) is 17.9. The summed E-state index contributed by atoms with van der Waals surface area (Å²) < 4.78 is 0. The summed E-state index contributed by atoms with van der Waals surface area (Å²) in [6, 6.07) is 14.7. The Morgan fingerprint density at radius 3 is 2.52 bits per heavy atom.